The normalized spacial score (nSPS) is 24.2. The Morgan fingerprint density at radius 3 is 2.59 bits per heavy atom. The molecule has 0 bridgehead atoms. The summed E-state index contributed by atoms with van der Waals surface area (Å²) in [6.07, 6.45) is 5.04. The van der Waals surface area contributed by atoms with Gasteiger partial charge in [0, 0.05) is 12.6 Å². The first-order chi connectivity index (χ1) is 13.1. The van der Waals surface area contributed by atoms with Crippen molar-refractivity contribution in [1.29, 1.82) is 0 Å². The molecule has 1 heterocycles. The third-order valence-electron chi connectivity index (χ3n) is 5.56. The molecular weight excluding hydrogens is 344 g/mol. The summed E-state index contributed by atoms with van der Waals surface area (Å²) < 4.78 is 10.7. The Kier molecular flexibility index (Phi) is 6.58. The lowest BCUT2D eigenvalue weighted by molar-refractivity contribution is -0.138. The first-order valence-electron chi connectivity index (χ1n) is 9.99. The van der Waals surface area contributed by atoms with Crippen molar-refractivity contribution >= 4 is 11.8 Å². The molecule has 3 rings (SSSR count). The number of rotatable bonds is 8. The Labute approximate surface area is 161 Å². The van der Waals surface area contributed by atoms with Crippen LogP contribution in [0.25, 0.3) is 0 Å². The van der Waals surface area contributed by atoms with E-state index in [1.54, 1.807) is 7.11 Å². The van der Waals surface area contributed by atoms with Crippen LogP contribution in [0.1, 0.15) is 39.0 Å². The van der Waals surface area contributed by atoms with Crippen molar-refractivity contribution in [2.24, 2.45) is 11.8 Å². The van der Waals surface area contributed by atoms with Gasteiger partial charge in [0.25, 0.3) is 0 Å². The molecule has 1 aliphatic carbocycles. The van der Waals surface area contributed by atoms with Gasteiger partial charge in [-0.25, -0.2) is 0 Å². The predicted octanol–water partition coefficient (Wildman–Crippen LogP) is 2.62. The lowest BCUT2D eigenvalue weighted by Crippen LogP contribution is -2.44. The summed E-state index contributed by atoms with van der Waals surface area (Å²) in [4.78, 5) is 27.0. The van der Waals surface area contributed by atoms with Gasteiger partial charge in [-0.3, -0.25) is 9.59 Å². The zero-order valence-electron chi connectivity index (χ0n) is 16.3. The molecule has 0 radical (unpaired) electrons. The van der Waals surface area contributed by atoms with E-state index in [2.05, 4.69) is 12.2 Å². The minimum Gasteiger partial charge on any atom is -0.497 e. The number of hydrogen-bond donors (Lipinski definition) is 1. The van der Waals surface area contributed by atoms with Crippen molar-refractivity contribution < 1.29 is 19.1 Å². The van der Waals surface area contributed by atoms with Gasteiger partial charge in [0.05, 0.1) is 25.5 Å². The van der Waals surface area contributed by atoms with Crippen LogP contribution >= 0.6 is 0 Å². The number of amides is 2. The Hall–Kier alpha value is -2.24. The SMILES string of the molecule is CCC1CCCCN1C(=O)C1CC1C(=O)NCCOc1ccc(OC)cc1. The summed E-state index contributed by atoms with van der Waals surface area (Å²) in [5.74, 6) is 1.37. The van der Waals surface area contributed by atoms with Crippen LogP contribution < -0.4 is 14.8 Å². The van der Waals surface area contributed by atoms with Gasteiger partial charge in [-0.05, 0) is 56.4 Å². The van der Waals surface area contributed by atoms with Gasteiger partial charge in [-0.1, -0.05) is 6.92 Å². The Bertz CT molecular complexity index is 646. The molecule has 2 fully saturated rings. The fraction of sp³-hybridized carbons (Fsp3) is 0.619. The highest BCUT2D eigenvalue weighted by Gasteiger charge is 2.50. The number of benzene rings is 1. The molecule has 3 unspecified atom stereocenters. The number of likely N-dealkylation sites (tertiary alicyclic amines) is 1. The van der Waals surface area contributed by atoms with E-state index < -0.39 is 0 Å². The molecule has 2 aliphatic rings. The monoisotopic (exact) mass is 374 g/mol. The standard InChI is InChI=1S/C21H30N2O4/c1-3-15-6-4-5-12-23(15)21(25)19-14-18(19)20(24)22-11-13-27-17-9-7-16(26-2)8-10-17/h7-10,15,18-19H,3-6,11-14H2,1-2H3,(H,22,24). The maximum Gasteiger partial charge on any atom is 0.226 e. The molecule has 27 heavy (non-hydrogen) atoms. The number of nitrogens with one attached hydrogen (secondary N) is 1. The number of piperidine rings is 1. The Morgan fingerprint density at radius 2 is 1.89 bits per heavy atom. The van der Waals surface area contributed by atoms with Gasteiger partial charge >= 0.3 is 0 Å². The zero-order valence-corrected chi connectivity index (χ0v) is 16.3. The number of hydrogen-bond acceptors (Lipinski definition) is 4. The van der Waals surface area contributed by atoms with Crippen molar-refractivity contribution in [2.75, 3.05) is 26.8 Å². The second-order valence-corrected chi connectivity index (χ2v) is 7.35. The maximum atomic E-state index is 12.7. The molecule has 1 saturated carbocycles. The van der Waals surface area contributed by atoms with Crippen LogP contribution in [0.2, 0.25) is 0 Å². The van der Waals surface area contributed by atoms with Crippen LogP contribution in [-0.2, 0) is 9.59 Å². The highest BCUT2D eigenvalue weighted by Crippen LogP contribution is 2.41. The van der Waals surface area contributed by atoms with Gasteiger partial charge in [0.1, 0.15) is 18.1 Å². The van der Waals surface area contributed by atoms with Crippen LogP contribution in [0.3, 0.4) is 0 Å². The fourth-order valence-electron chi connectivity index (χ4n) is 3.83. The number of carbonyl (C=O) groups is 2. The lowest BCUT2D eigenvalue weighted by Gasteiger charge is -2.35. The summed E-state index contributed by atoms with van der Waals surface area (Å²) in [6.45, 7) is 3.81. The molecule has 6 nitrogen and oxygen atoms in total. The zero-order chi connectivity index (χ0) is 19.2. The first kappa shape index (κ1) is 19.5. The van der Waals surface area contributed by atoms with E-state index in [9.17, 15) is 9.59 Å². The molecule has 1 aromatic carbocycles. The van der Waals surface area contributed by atoms with Crippen molar-refractivity contribution in [3.63, 3.8) is 0 Å². The number of carbonyl (C=O) groups excluding carboxylic acids is 2. The molecule has 6 heteroatoms. The number of nitrogens with zero attached hydrogens (tertiary/aromatic N) is 1. The number of ether oxygens (including phenoxy) is 2. The van der Waals surface area contributed by atoms with E-state index in [4.69, 9.17) is 9.47 Å². The van der Waals surface area contributed by atoms with Crippen molar-refractivity contribution in [3.05, 3.63) is 24.3 Å². The van der Waals surface area contributed by atoms with Gasteiger partial charge in [0.2, 0.25) is 11.8 Å². The van der Waals surface area contributed by atoms with Gasteiger partial charge in [-0.15, -0.1) is 0 Å². The van der Waals surface area contributed by atoms with Gasteiger partial charge < -0.3 is 19.7 Å². The van der Waals surface area contributed by atoms with E-state index in [1.807, 2.05) is 29.2 Å². The molecule has 1 saturated heterocycles. The predicted molar refractivity (Wildman–Crippen MR) is 103 cm³/mol. The third kappa shape index (κ3) is 4.93. The van der Waals surface area contributed by atoms with Gasteiger partial charge in [-0.2, -0.15) is 0 Å². The smallest absolute Gasteiger partial charge is 0.226 e. The average molecular weight is 374 g/mol. The van der Waals surface area contributed by atoms with Crippen LogP contribution in [0.15, 0.2) is 24.3 Å². The van der Waals surface area contributed by atoms with E-state index in [-0.39, 0.29) is 23.7 Å². The quantitative estimate of drug-likeness (QED) is 0.710. The van der Waals surface area contributed by atoms with Gasteiger partial charge in [0.15, 0.2) is 0 Å². The highest BCUT2D eigenvalue weighted by atomic mass is 16.5. The van der Waals surface area contributed by atoms with E-state index >= 15 is 0 Å². The molecule has 2 amide bonds. The van der Waals surface area contributed by atoms with Crippen LogP contribution in [0.4, 0.5) is 0 Å². The first-order valence-corrected chi connectivity index (χ1v) is 9.99. The number of methoxy groups -OCH3 is 1. The summed E-state index contributed by atoms with van der Waals surface area (Å²) in [5, 5.41) is 2.89. The lowest BCUT2D eigenvalue weighted by atomic mass is 9.99. The summed E-state index contributed by atoms with van der Waals surface area (Å²) in [6, 6.07) is 7.68. The molecule has 0 aromatic heterocycles. The van der Waals surface area contributed by atoms with Crippen LogP contribution in [-0.4, -0.2) is 49.6 Å². The molecule has 148 valence electrons. The van der Waals surface area contributed by atoms with E-state index in [0.29, 0.717) is 25.6 Å². The topological polar surface area (TPSA) is 67.9 Å². The molecular formula is C21H30N2O4. The molecule has 1 N–H and O–H groups in total. The van der Waals surface area contributed by atoms with Crippen LogP contribution in [0.5, 0.6) is 11.5 Å². The molecule has 1 aliphatic heterocycles. The molecule has 1 aromatic rings. The van der Waals surface area contributed by atoms with E-state index in [1.165, 1.54) is 6.42 Å². The fourth-order valence-corrected chi connectivity index (χ4v) is 3.83. The highest BCUT2D eigenvalue weighted by molar-refractivity contribution is 5.92. The van der Waals surface area contributed by atoms with E-state index in [0.717, 1.165) is 37.3 Å². The Balaban J connectivity index is 1.37. The minimum absolute atomic E-state index is 0.0308. The van der Waals surface area contributed by atoms with Crippen molar-refractivity contribution in [3.8, 4) is 11.5 Å². The largest absolute Gasteiger partial charge is 0.497 e. The van der Waals surface area contributed by atoms with Crippen LogP contribution in [0, 0.1) is 11.8 Å². The maximum absolute atomic E-state index is 12.7. The summed E-state index contributed by atoms with van der Waals surface area (Å²) in [7, 11) is 1.62. The summed E-state index contributed by atoms with van der Waals surface area (Å²) >= 11 is 0. The second-order valence-electron chi connectivity index (χ2n) is 7.35. The average Bonchev–Trinajstić information content (AvgIpc) is 3.52. The second kappa shape index (κ2) is 9.11. The molecule has 3 atom stereocenters. The summed E-state index contributed by atoms with van der Waals surface area (Å²) in [5.41, 5.74) is 0. The van der Waals surface area contributed by atoms with Crippen molar-refractivity contribution in [1.82, 2.24) is 10.2 Å². The Morgan fingerprint density at radius 1 is 1.15 bits per heavy atom. The van der Waals surface area contributed by atoms with Crippen molar-refractivity contribution in [2.45, 2.75) is 45.1 Å². The minimum atomic E-state index is -0.169. The third-order valence-corrected chi connectivity index (χ3v) is 5.56. The molecule has 0 spiro atoms.